The van der Waals surface area contributed by atoms with Crippen molar-refractivity contribution in [3.63, 3.8) is 0 Å². The zero-order valence-corrected chi connectivity index (χ0v) is 15.5. The summed E-state index contributed by atoms with van der Waals surface area (Å²) >= 11 is 0. The summed E-state index contributed by atoms with van der Waals surface area (Å²) in [5.41, 5.74) is 4.72. The minimum atomic E-state index is -0.450. The molecule has 7 heteroatoms. The molecule has 0 unspecified atom stereocenters. The van der Waals surface area contributed by atoms with Crippen LogP contribution < -0.4 is 10.6 Å². The van der Waals surface area contributed by atoms with Crippen LogP contribution in [0, 0.1) is 13.8 Å². The number of aromatic hydroxyl groups is 1. The number of phenolic OH excluding ortho intramolecular Hbond substituents is 1. The second-order valence-electron chi connectivity index (χ2n) is 6.60. The molecule has 0 saturated carbocycles. The van der Waals surface area contributed by atoms with Crippen LogP contribution in [0.2, 0.25) is 0 Å². The molecule has 2 amide bonds. The van der Waals surface area contributed by atoms with Crippen molar-refractivity contribution in [2.24, 2.45) is 0 Å². The summed E-state index contributed by atoms with van der Waals surface area (Å²) in [7, 11) is 0. The van der Waals surface area contributed by atoms with Gasteiger partial charge in [-0.15, -0.1) is 15.0 Å². The van der Waals surface area contributed by atoms with Gasteiger partial charge >= 0.3 is 6.03 Å². The van der Waals surface area contributed by atoms with Gasteiger partial charge in [-0.3, -0.25) is 0 Å². The number of urea groups is 1. The van der Waals surface area contributed by atoms with Gasteiger partial charge in [-0.2, -0.15) is 0 Å². The SMILES string of the molecule is Cc1ccc(NC(=O)Nc2cc(C)cc(-n3nc4ccccc4n3)c2O)cc1. The molecule has 28 heavy (non-hydrogen) atoms. The van der Waals surface area contributed by atoms with E-state index in [4.69, 9.17) is 0 Å². The van der Waals surface area contributed by atoms with Gasteiger partial charge in [0.15, 0.2) is 5.75 Å². The number of fused-ring (bicyclic) bond motifs is 1. The number of nitrogens with zero attached hydrogens (tertiary/aromatic N) is 3. The molecule has 3 aromatic carbocycles. The number of anilines is 2. The lowest BCUT2D eigenvalue weighted by Crippen LogP contribution is -2.19. The zero-order chi connectivity index (χ0) is 19.7. The number of benzene rings is 3. The van der Waals surface area contributed by atoms with Crippen LogP contribution in [0.15, 0.2) is 60.7 Å². The van der Waals surface area contributed by atoms with Gasteiger partial charge in [-0.1, -0.05) is 29.8 Å². The van der Waals surface area contributed by atoms with E-state index >= 15 is 0 Å². The zero-order valence-electron chi connectivity index (χ0n) is 15.5. The molecule has 3 N–H and O–H groups in total. The van der Waals surface area contributed by atoms with E-state index in [1.54, 1.807) is 12.1 Å². The Kier molecular flexibility index (Phi) is 4.41. The van der Waals surface area contributed by atoms with Crippen molar-refractivity contribution in [2.75, 3.05) is 10.6 Å². The normalized spacial score (nSPS) is 10.8. The van der Waals surface area contributed by atoms with E-state index in [0.29, 0.717) is 11.4 Å². The third-order valence-corrected chi connectivity index (χ3v) is 4.29. The van der Waals surface area contributed by atoms with E-state index in [1.165, 1.54) is 4.80 Å². The van der Waals surface area contributed by atoms with Gasteiger partial charge in [0.1, 0.15) is 16.7 Å². The van der Waals surface area contributed by atoms with Crippen LogP contribution in [-0.4, -0.2) is 26.1 Å². The molecule has 0 aliphatic heterocycles. The molecule has 4 rings (SSSR count). The summed E-state index contributed by atoms with van der Waals surface area (Å²) in [5, 5.41) is 24.9. The van der Waals surface area contributed by atoms with Crippen LogP contribution in [0.1, 0.15) is 11.1 Å². The van der Waals surface area contributed by atoms with Crippen LogP contribution in [-0.2, 0) is 0 Å². The number of hydrogen-bond donors (Lipinski definition) is 3. The molecule has 0 spiro atoms. The predicted molar refractivity (Wildman–Crippen MR) is 109 cm³/mol. The Hall–Kier alpha value is -3.87. The van der Waals surface area contributed by atoms with Crippen molar-refractivity contribution in [3.8, 4) is 11.4 Å². The molecule has 4 aromatic rings. The number of aryl methyl sites for hydroxylation is 2. The molecule has 1 heterocycles. The first kappa shape index (κ1) is 17.5. The lowest BCUT2D eigenvalue weighted by atomic mass is 10.1. The summed E-state index contributed by atoms with van der Waals surface area (Å²) in [6.45, 7) is 3.85. The van der Waals surface area contributed by atoms with E-state index in [1.807, 2.05) is 62.4 Å². The second kappa shape index (κ2) is 7.03. The van der Waals surface area contributed by atoms with Crippen LogP contribution >= 0.6 is 0 Å². The summed E-state index contributed by atoms with van der Waals surface area (Å²) in [4.78, 5) is 13.7. The molecule has 0 aliphatic rings. The van der Waals surface area contributed by atoms with Gasteiger partial charge in [0, 0.05) is 5.69 Å². The lowest BCUT2D eigenvalue weighted by molar-refractivity contribution is 0.262. The topological polar surface area (TPSA) is 92.1 Å². The maximum atomic E-state index is 12.3. The fourth-order valence-electron chi connectivity index (χ4n) is 2.90. The average molecular weight is 373 g/mol. The second-order valence-corrected chi connectivity index (χ2v) is 6.60. The number of carbonyl (C=O) groups excluding carboxylic acids is 1. The predicted octanol–water partition coefficient (Wildman–Crippen LogP) is 4.39. The molecule has 1 aromatic heterocycles. The molecule has 0 bridgehead atoms. The average Bonchev–Trinajstić information content (AvgIpc) is 3.10. The number of aromatic nitrogens is 3. The molecule has 7 nitrogen and oxygen atoms in total. The number of hydrogen-bond acceptors (Lipinski definition) is 4. The Balaban J connectivity index is 1.62. The Morgan fingerprint density at radius 2 is 1.54 bits per heavy atom. The van der Waals surface area contributed by atoms with Crippen molar-refractivity contribution in [3.05, 3.63) is 71.8 Å². The van der Waals surface area contributed by atoms with Crippen LogP contribution in [0.3, 0.4) is 0 Å². The first-order valence-electron chi connectivity index (χ1n) is 8.80. The van der Waals surface area contributed by atoms with E-state index in [-0.39, 0.29) is 11.4 Å². The fourth-order valence-corrected chi connectivity index (χ4v) is 2.90. The number of nitrogens with one attached hydrogen (secondary N) is 2. The highest BCUT2D eigenvalue weighted by atomic mass is 16.3. The van der Waals surface area contributed by atoms with Gasteiger partial charge in [0.25, 0.3) is 0 Å². The van der Waals surface area contributed by atoms with Crippen molar-refractivity contribution in [1.82, 2.24) is 15.0 Å². The molecule has 0 aliphatic carbocycles. The largest absolute Gasteiger partial charge is 0.504 e. The molecule has 0 fully saturated rings. The third-order valence-electron chi connectivity index (χ3n) is 4.29. The van der Waals surface area contributed by atoms with Crippen LogP contribution in [0.25, 0.3) is 16.7 Å². The van der Waals surface area contributed by atoms with Crippen molar-refractivity contribution in [2.45, 2.75) is 13.8 Å². The highest BCUT2D eigenvalue weighted by molar-refractivity contribution is 6.01. The van der Waals surface area contributed by atoms with Crippen molar-refractivity contribution in [1.29, 1.82) is 0 Å². The van der Waals surface area contributed by atoms with Crippen LogP contribution in [0.4, 0.5) is 16.2 Å². The van der Waals surface area contributed by atoms with Gasteiger partial charge in [-0.25, -0.2) is 4.79 Å². The molecule has 0 atom stereocenters. The van der Waals surface area contributed by atoms with Crippen molar-refractivity contribution >= 4 is 28.4 Å². The van der Waals surface area contributed by atoms with E-state index in [9.17, 15) is 9.90 Å². The smallest absolute Gasteiger partial charge is 0.323 e. The molecular weight excluding hydrogens is 354 g/mol. The minimum absolute atomic E-state index is 0.107. The summed E-state index contributed by atoms with van der Waals surface area (Å²) < 4.78 is 0. The highest BCUT2D eigenvalue weighted by Gasteiger charge is 2.15. The van der Waals surface area contributed by atoms with E-state index in [2.05, 4.69) is 20.8 Å². The van der Waals surface area contributed by atoms with E-state index < -0.39 is 6.03 Å². The number of carbonyl (C=O) groups is 1. The number of amides is 2. The molecule has 0 radical (unpaired) electrons. The summed E-state index contributed by atoms with van der Waals surface area (Å²) in [6.07, 6.45) is 0. The highest BCUT2D eigenvalue weighted by Crippen LogP contribution is 2.32. The minimum Gasteiger partial charge on any atom is -0.504 e. The summed E-state index contributed by atoms with van der Waals surface area (Å²) in [5.74, 6) is -0.107. The summed E-state index contributed by atoms with van der Waals surface area (Å²) in [6, 6.07) is 17.9. The number of rotatable bonds is 3. The lowest BCUT2D eigenvalue weighted by Gasteiger charge is -2.13. The van der Waals surface area contributed by atoms with Gasteiger partial charge < -0.3 is 15.7 Å². The monoisotopic (exact) mass is 373 g/mol. The van der Waals surface area contributed by atoms with E-state index in [0.717, 1.165) is 22.2 Å². The molecule has 0 saturated heterocycles. The Morgan fingerprint density at radius 1 is 0.893 bits per heavy atom. The Labute approximate surface area is 161 Å². The maximum Gasteiger partial charge on any atom is 0.323 e. The standard InChI is InChI=1S/C21H19N5O2/c1-13-7-9-15(10-8-13)22-21(28)23-18-11-14(2)12-19(20(18)27)26-24-16-5-3-4-6-17(16)25-26/h3-12,27H,1-2H3,(H2,22,23,28). The van der Waals surface area contributed by atoms with Gasteiger partial charge in [-0.05, 0) is 55.8 Å². The first-order chi connectivity index (χ1) is 13.5. The quantitative estimate of drug-likeness (QED) is 0.465. The molecule has 140 valence electrons. The van der Waals surface area contributed by atoms with Crippen molar-refractivity contribution < 1.29 is 9.90 Å². The van der Waals surface area contributed by atoms with Gasteiger partial charge in [0.05, 0.1) is 5.69 Å². The molecular formula is C21H19N5O2. The Bertz CT molecular complexity index is 1130. The number of phenols is 1. The van der Waals surface area contributed by atoms with Gasteiger partial charge in [0.2, 0.25) is 0 Å². The van der Waals surface area contributed by atoms with Crippen LogP contribution in [0.5, 0.6) is 5.75 Å². The third kappa shape index (κ3) is 3.50. The fraction of sp³-hybridized carbons (Fsp3) is 0.0952. The Morgan fingerprint density at radius 3 is 2.18 bits per heavy atom. The first-order valence-corrected chi connectivity index (χ1v) is 8.80. The maximum absolute atomic E-state index is 12.3.